The minimum absolute atomic E-state index is 0.0452. The number of aromatic nitrogens is 5. The minimum Gasteiger partial charge on any atom is -0.360 e. The van der Waals surface area contributed by atoms with E-state index in [4.69, 9.17) is 5.26 Å². The molecular formula is C8H6FN7. The number of anilines is 1. The Morgan fingerprint density at radius 1 is 1.56 bits per heavy atom. The van der Waals surface area contributed by atoms with Gasteiger partial charge in [-0.05, 0) is 6.07 Å². The lowest BCUT2D eigenvalue weighted by Crippen LogP contribution is -2.05. The Balaban J connectivity index is 2.08. The molecule has 0 unspecified atom stereocenters. The molecule has 2 aromatic rings. The Kier molecular flexibility index (Phi) is 2.69. The number of H-pyrrole nitrogens is 1. The fourth-order valence-corrected chi connectivity index (χ4v) is 1.05. The number of hydrogen-bond acceptors (Lipinski definition) is 6. The number of rotatable bonds is 3. The van der Waals surface area contributed by atoms with Crippen molar-refractivity contribution in [2.75, 3.05) is 5.32 Å². The van der Waals surface area contributed by atoms with Crippen LogP contribution in [0.3, 0.4) is 0 Å². The number of nitriles is 1. The van der Waals surface area contributed by atoms with E-state index in [0.29, 0.717) is 5.82 Å². The SMILES string of the molecule is N#Cc1cnc(NCc2nn[nH]n2)c(F)c1. The van der Waals surface area contributed by atoms with Gasteiger partial charge in [0.05, 0.1) is 12.1 Å². The smallest absolute Gasteiger partial charge is 0.193 e. The van der Waals surface area contributed by atoms with E-state index in [2.05, 4.69) is 30.9 Å². The molecule has 0 atom stereocenters. The van der Waals surface area contributed by atoms with Crippen LogP contribution in [0.15, 0.2) is 12.3 Å². The van der Waals surface area contributed by atoms with Gasteiger partial charge in [0.2, 0.25) is 0 Å². The Morgan fingerprint density at radius 3 is 3.06 bits per heavy atom. The predicted octanol–water partition coefficient (Wildman–Crippen LogP) is 0.218. The van der Waals surface area contributed by atoms with E-state index >= 15 is 0 Å². The van der Waals surface area contributed by atoms with Gasteiger partial charge in [0.25, 0.3) is 0 Å². The van der Waals surface area contributed by atoms with Crippen LogP contribution in [0.4, 0.5) is 10.2 Å². The van der Waals surface area contributed by atoms with Gasteiger partial charge in [-0.1, -0.05) is 5.21 Å². The number of nitrogens with one attached hydrogen (secondary N) is 2. The van der Waals surface area contributed by atoms with Crippen LogP contribution in [0.25, 0.3) is 0 Å². The van der Waals surface area contributed by atoms with Crippen molar-refractivity contribution in [3.05, 3.63) is 29.5 Å². The van der Waals surface area contributed by atoms with E-state index in [1.165, 1.54) is 6.20 Å². The van der Waals surface area contributed by atoms with Crippen molar-refractivity contribution >= 4 is 5.82 Å². The third kappa shape index (κ3) is 2.09. The van der Waals surface area contributed by atoms with Crippen molar-refractivity contribution in [2.24, 2.45) is 0 Å². The summed E-state index contributed by atoms with van der Waals surface area (Å²) < 4.78 is 13.3. The highest BCUT2D eigenvalue weighted by atomic mass is 19.1. The Morgan fingerprint density at radius 2 is 2.44 bits per heavy atom. The summed E-state index contributed by atoms with van der Waals surface area (Å²) >= 11 is 0. The van der Waals surface area contributed by atoms with Crippen LogP contribution in [0.5, 0.6) is 0 Å². The van der Waals surface area contributed by atoms with Crippen LogP contribution < -0.4 is 5.32 Å². The number of pyridine rings is 1. The second kappa shape index (κ2) is 4.31. The van der Waals surface area contributed by atoms with E-state index in [1.54, 1.807) is 6.07 Å². The van der Waals surface area contributed by atoms with Crippen molar-refractivity contribution in [3.8, 4) is 6.07 Å². The first kappa shape index (κ1) is 9.97. The average Bonchev–Trinajstić information content (AvgIpc) is 2.80. The molecule has 0 radical (unpaired) electrons. The molecule has 7 nitrogen and oxygen atoms in total. The van der Waals surface area contributed by atoms with Crippen molar-refractivity contribution in [2.45, 2.75) is 6.54 Å². The fraction of sp³-hybridized carbons (Fsp3) is 0.125. The quantitative estimate of drug-likeness (QED) is 0.765. The third-order valence-corrected chi connectivity index (χ3v) is 1.77. The van der Waals surface area contributed by atoms with Crippen LogP contribution in [0.2, 0.25) is 0 Å². The molecule has 0 aromatic carbocycles. The van der Waals surface area contributed by atoms with Gasteiger partial charge in [0.1, 0.15) is 6.07 Å². The van der Waals surface area contributed by atoms with Crippen molar-refractivity contribution in [3.63, 3.8) is 0 Å². The number of aromatic amines is 1. The van der Waals surface area contributed by atoms with E-state index < -0.39 is 5.82 Å². The molecule has 0 spiro atoms. The number of halogens is 1. The van der Waals surface area contributed by atoms with E-state index in [0.717, 1.165) is 6.07 Å². The van der Waals surface area contributed by atoms with Gasteiger partial charge in [-0.25, -0.2) is 9.37 Å². The highest BCUT2D eigenvalue weighted by Gasteiger charge is 2.06. The molecule has 0 aliphatic carbocycles. The van der Waals surface area contributed by atoms with Crippen LogP contribution >= 0.6 is 0 Å². The van der Waals surface area contributed by atoms with Gasteiger partial charge >= 0.3 is 0 Å². The fourth-order valence-electron chi connectivity index (χ4n) is 1.05. The van der Waals surface area contributed by atoms with E-state index in [1.807, 2.05) is 0 Å². The first-order chi connectivity index (χ1) is 7.79. The first-order valence-electron chi connectivity index (χ1n) is 4.31. The van der Waals surface area contributed by atoms with Crippen LogP contribution in [0, 0.1) is 17.1 Å². The summed E-state index contributed by atoms with van der Waals surface area (Å²) in [6.45, 7) is 0.201. The highest BCUT2D eigenvalue weighted by Crippen LogP contribution is 2.11. The molecule has 0 saturated heterocycles. The molecule has 2 N–H and O–H groups in total. The standard InChI is InChI=1S/C8H6FN7/c9-6-1-5(2-10)3-11-8(6)12-4-7-13-15-16-14-7/h1,3H,4H2,(H,11,12)(H,13,14,15,16). The lowest BCUT2D eigenvalue weighted by Gasteiger charge is -2.03. The maximum Gasteiger partial charge on any atom is 0.193 e. The molecule has 0 amide bonds. The molecule has 0 bridgehead atoms. The van der Waals surface area contributed by atoms with Crippen molar-refractivity contribution in [1.29, 1.82) is 5.26 Å². The zero-order valence-electron chi connectivity index (χ0n) is 7.98. The molecule has 80 valence electrons. The Bertz CT molecular complexity index is 516. The average molecular weight is 219 g/mol. The zero-order valence-corrected chi connectivity index (χ0v) is 7.98. The highest BCUT2D eigenvalue weighted by molar-refractivity contribution is 5.40. The van der Waals surface area contributed by atoms with E-state index in [9.17, 15) is 4.39 Å². The number of nitrogens with zero attached hydrogens (tertiary/aromatic N) is 5. The first-order valence-corrected chi connectivity index (χ1v) is 4.31. The summed E-state index contributed by atoms with van der Waals surface area (Å²) in [6, 6.07) is 2.90. The third-order valence-electron chi connectivity index (χ3n) is 1.77. The van der Waals surface area contributed by atoms with Gasteiger partial charge in [-0.15, -0.1) is 10.2 Å². The lowest BCUT2D eigenvalue weighted by molar-refractivity contribution is 0.623. The monoisotopic (exact) mass is 219 g/mol. The molecule has 8 heteroatoms. The van der Waals surface area contributed by atoms with Gasteiger partial charge in [-0.2, -0.15) is 10.5 Å². The maximum atomic E-state index is 13.3. The summed E-state index contributed by atoms with van der Waals surface area (Å²) in [6.07, 6.45) is 1.28. The van der Waals surface area contributed by atoms with Crippen molar-refractivity contribution in [1.82, 2.24) is 25.6 Å². The zero-order chi connectivity index (χ0) is 11.4. The molecule has 2 rings (SSSR count). The summed E-state index contributed by atoms with van der Waals surface area (Å²) in [4.78, 5) is 3.75. The normalized spacial score (nSPS) is 9.75. The molecule has 2 heterocycles. The molecule has 0 aliphatic heterocycles. The Labute approximate surface area is 89.3 Å². The second-order valence-corrected chi connectivity index (χ2v) is 2.85. The molecule has 2 aromatic heterocycles. The molecular weight excluding hydrogens is 213 g/mol. The summed E-state index contributed by atoms with van der Waals surface area (Å²) in [7, 11) is 0. The van der Waals surface area contributed by atoms with Gasteiger partial charge in [0, 0.05) is 6.20 Å². The molecule has 0 fully saturated rings. The van der Waals surface area contributed by atoms with Crippen LogP contribution in [-0.2, 0) is 6.54 Å². The van der Waals surface area contributed by atoms with Crippen LogP contribution in [-0.4, -0.2) is 25.6 Å². The maximum absolute atomic E-state index is 13.3. The largest absolute Gasteiger partial charge is 0.360 e. The Hall–Kier alpha value is -2.56. The molecule has 0 saturated carbocycles. The van der Waals surface area contributed by atoms with Crippen LogP contribution in [0.1, 0.15) is 11.4 Å². The summed E-state index contributed by atoms with van der Waals surface area (Å²) in [5.74, 6) is -0.156. The molecule has 0 aliphatic rings. The van der Waals surface area contributed by atoms with Gasteiger partial charge in [0.15, 0.2) is 17.5 Å². The molecule has 16 heavy (non-hydrogen) atoms. The number of tetrazole rings is 1. The van der Waals surface area contributed by atoms with Gasteiger partial charge < -0.3 is 5.32 Å². The topological polar surface area (TPSA) is 103 Å². The summed E-state index contributed by atoms with van der Waals surface area (Å²) in [5.41, 5.74) is 0.169. The van der Waals surface area contributed by atoms with E-state index in [-0.39, 0.29) is 17.9 Å². The minimum atomic E-state index is -0.595. The second-order valence-electron chi connectivity index (χ2n) is 2.85. The predicted molar refractivity (Wildman–Crippen MR) is 50.4 cm³/mol. The van der Waals surface area contributed by atoms with Gasteiger partial charge in [-0.3, -0.25) is 0 Å². The van der Waals surface area contributed by atoms with Crippen molar-refractivity contribution < 1.29 is 4.39 Å². The lowest BCUT2D eigenvalue weighted by atomic mass is 10.3. The number of hydrogen-bond donors (Lipinski definition) is 2. The summed E-state index contributed by atoms with van der Waals surface area (Å²) in [5, 5.41) is 24.2.